The van der Waals surface area contributed by atoms with Gasteiger partial charge in [-0.15, -0.1) is 0 Å². The molecule has 4 aromatic rings. The third-order valence-corrected chi connectivity index (χ3v) is 9.36. The number of benzene rings is 3. The van der Waals surface area contributed by atoms with Crippen LogP contribution in [0.15, 0.2) is 89.8 Å². The average Bonchev–Trinajstić information content (AvgIpc) is 2.96. The first-order valence-electron chi connectivity index (χ1n) is 14.3. The van der Waals surface area contributed by atoms with Gasteiger partial charge in [-0.2, -0.15) is 0 Å². The van der Waals surface area contributed by atoms with Crippen molar-refractivity contribution in [2.75, 3.05) is 4.90 Å². The predicted molar refractivity (Wildman–Crippen MR) is 163 cm³/mol. The highest BCUT2D eigenvalue weighted by Gasteiger charge is 2.28. The van der Waals surface area contributed by atoms with Crippen LogP contribution in [-0.4, -0.2) is 19.3 Å². The van der Waals surface area contributed by atoms with Crippen LogP contribution in [0.2, 0.25) is 0 Å². The van der Waals surface area contributed by atoms with Crippen molar-refractivity contribution in [1.82, 2.24) is 9.71 Å². The number of carbonyl (C=O) groups excluding carboxylic acids is 1. The molecule has 1 amide bonds. The Balaban J connectivity index is 1.46. The number of amides is 1. The molecule has 8 heteroatoms. The van der Waals surface area contributed by atoms with Crippen molar-refractivity contribution in [2.24, 2.45) is 0 Å². The molecule has 1 aliphatic carbocycles. The first kappa shape index (κ1) is 29.6. The van der Waals surface area contributed by atoms with Crippen molar-refractivity contribution in [2.45, 2.75) is 69.9 Å². The van der Waals surface area contributed by atoms with E-state index in [1.54, 1.807) is 41.3 Å². The van der Waals surface area contributed by atoms with Crippen molar-refractivity contribution in [3.8, 4) is 0 Å². The number of anilines is 1. The Labute approximate surface area is 247 Å². The van der Waals surface area contributed by atoms with Gasteiger partial charge < -0.3 is 4.90 Å². The van der Waals surface area contributed by atoms with Gasteiger partial charge >= 0.3 is 0 Å². The third kappa shape index (κ3) is 6.94. The fourth-order valence-corrected chi connectivity index (χ4v) is 6.75. The van der Waals surface area contributed by atoms with Crippen LogP contribution in [-0.2, 0) is 27.8 Å². The molecule has 5 rings (SSSR count). The van der Waals surface area contributed by atoms with E-state index in [0.29, 0.717) is 12.1 Å². The summed E-state index contributed by atoms with van der Waals surface area (Å²) in [6.07, 6.45) is 2.58. The van der Waals surface area contributed by atoms with E-state index in [1.165, 1.54) is 12.1 Å². The maximum absolute atomic E-state index is 13.9. The first-order chi connectivity index (χ1) is 20.1. The largest absolute Gasteiger partial charge is 0.306 e. The molecule has 1 heterocycles. The summed E-state index contributed by atoms with van der Waals surface area (Å²) in [5.41, 5.74) is 6.13. The highest BCUT2D eigenvalue weighted by atomic mass is 32.2. The summed E-state index contributed by atoms with van der Waals surface area (Å²) in [5, 5.41) is 0. The number of nitrogens with zero attached hydrogens (tertiary/aromatic N) is 2. The number of hydrogen-bond acceptors (Lipinski definition) is 4. The zero-order chi connectivity index (χ0) is 29.9. The minimum Gasteiger partial charge on any atom is -0.306 e. The molecule has 0 spiro atoms. The Morgan fingerprint density at radius 1 is 1.02 bits per heavy atom. The van der Waals surface area contributed by atoms with Gasteiger partial charge in [0, 0.05) is 23.8 Å². The summed E-state index contributed by atoms with van der Waals surface area (Å²) in [6, 6.07) is 24.3. The number of fused-ring (bicyclic) bond motifs is 1. The van der Waals surface area contributed by atoms with E-state index in [1.807, 2.05) is 57.2 Å². The molecule has 0 saturated heterocycles. The van der Waals surface area contributed by atoms with Gasteiger partial charge in [-0.3, -0.25) is 9.78 Å². The maximum atomic E-state index is 13.9. The normalized spacial score (nSPS) is 15.6. The average molecular weight is 586 g/mol. The molecule has 1 aliphatic rings. The lowest BCUT2D eigenvalue weighted by Gasteiger charge is -2.30. The van der Waals surface area contributed by atoms with Crippen LogP contribution in [0.5, 0.6) is 0 Å². The van der Waals surface area contributed by atoms with Crippen LogP contribution >= 0.6 is 0 Å². The molecule has 42 heavy (non-hydrogen) atoms. The van der Waals surface area contributed by atoms with Crippen LogP contribution in [0.3, 0.4) is 0 Å². The number of nitrogens with one attached hydrogen (secondary N) is 1. The van der Waals surface area contributed by atoms with E-state index in [2.05, 4.69) is 9.71 Å². The zero-order valence-electron chi connectivity index (χ0n) is 24.2. The Bertz CT molecular complexity index is 1670. The van der Waals surface area contributed by atoms with Crippen LogP contribution in [0.4, 0.5) is 10.1 Å². The lowest BCUT2D eigenvalue weighted by molar-refractivity contribution is -0.119. The number of aromatic nitrogens is 1. The summed E-state index contributed by atoms with van der Waals surface area (Å²) in [7, 11) is -3.74. The molecular formula is C34H36FN3O3S. The standard InChI is InChI=1S/C34H36FN3O3S/c1-23-10-18-31(19-11-23)42(40,41)37-33-9-5-7-27-14-17-30(21-32(27)33)38(22-29-8-4-6-25(3)36-29)34(39)20-24(2)26-12-15-28(35)16-13-26/h4,6,8,10-19,21,24,33,37H,5,7,9,20,22H2,1-3H3/t24-,33-/m0/s1. The van der Waals surface area contributed by atoms with Crippen molar-refractivity contribution >= 4 is 21.6 Å². The number of sulfonamides is 1. The minimum atomic E-state index is -3.74. The SMILES string of the molecule is Cc1ccc(S(=O)(=O)N[C@H]2CCCc3ccc(N(Cc4cccc(C)n4)C(=O)C[C@H](C)c4ccc(F)cc4)cc32)cc1. The number of halogens is 1. The highest BCUT2D eigenvalue weighted by molar-refractivity contribution is 7.89. The van der Waals surface area contributed by atoms with Crippen molar-refractivity contribution in [3.63, 3.8) is 0 Å². The number of pyridine rings is 1. The van der Waals surface area contributed by atoms with Crippen molar-refractivity contribution < 1.29 is 17.6 Å². The Morgan fingerprint density at radius 3 is 2.48 bits per heavy atom. The number of aryl methyl sites for hydroxylation is 3. The summed E-state index contributed by atoms with van der Waals surface area (Å²) < 4.78 is 43.0. The second kappa shape index (κ2) is 12.5. The molecule has 6 nitrogen and oxygen atoms in total. The second-order valence-corrected chi connectivity index (χ2v) is 12.9. The molecule has 2 atom stereocenters. The number of carbonyl (C=O) groups is 1. The molecule has 0 unspecified atom stereocenters. The predicted octanol–water partition coefficient (Wildman–Crippen LogP) is 6.92. The monoisotopic (exact) mass is 585 g/mol. The highest BCUT2D eigenvalue weighted by Crippen LogP contribution is 2.35. The summed E-state index contributed by atoms with van der Waals surface area (Å²) in [5.74, 6) is -0.536. The smallest absolute Gasteiger partial charge is 0.241 e. The van der Waals surface area contributed by atoms with Gasteiger partial charge in [0.1, 0.15) is 5.82 Å². The van der Waals surface area contributed by atoms with Crippen molar-refractivity contribution in [1.29, 1.82) is 0 Å². The van der Waals surface area contributed by atoms with Gasteiger partial charge in [-0.1, -0.05) is 48.9 Å². The molecular weight excluding hydrogens is 549 g/mol. The molecule has 218 valence electrons. The molecule has 0 fully saturated rings. The van der Waals surface area contributed by atoms with Gasteiger partial charge in [0.15, 0.2) is 0 Å². The van der Waals surface area contributed by atoms with Gasteiger partial charge in [0.05, 0.1) is 17.1 Å². The van der Waals surface area contributed by atoms with Gasteiger partial charge in [-0.05, 0) is 104 Å². The van der Waals surface area contributed by atoms with Crippen LogP contribution < -0.4 is 9.62 Å². The van der Waals surface area contributed by atoms with E-state index < -0.39 is 16.1 Å². The zero-order valence-corrected chi connectivity index (χ0v) is 25.0. The minimum absolute atomic E-state index is 0.0947. The molecule has 1 aromatic heterocycles. The van der Waals surface area contributed by atoms with Crippen LogP contribution in [0, 0.1) is 19.7 Å². The molecule has 3 aromatic carbocycles. The second-order valence-electron chi connectivity index (χ2n) is 11.2. The van der Waals surface area contributed by atoms with E-state index >= 15 is 0 Å². The molecule has 0 aliphatic heterocycles. The summed E-state index contributed by atoms with van der Waals surface area (Å²) in [6.45, 7) is 6.06. The Morgan fingerprint density at radius 2 is 1.76 bits per heavy atom. The van der Waals surface area contributed by atoms with Gasteiger partial charge in [0.25, 0.3) is 0 Å². The first-order valence-corrected chi connectivity index (χ1v) is 15.8. The van der Waals surface area contributed by atoms with E-state index in [-0.39, 0.29) is 35.5 Å². The van der Waals surface area contributed by atoms with E-state index in [9.17, 15) is 17.6 Å². The lowest BCUT2D eigenvalue weighted by Crippen LogP contribution is -2.33. The molecule has 0 saturated carbocycles. The lowest BCUT2D eigenvalue weighted by atomic mass is 9.87. The topological polar surface area (TPSA) is 79.4 Å². The number of hydrogen-bond donors (Lipinski definition) is 1. The van der Waals surface area contributed by atoms with E-state index in [0.717, 1.165) is 46.5 Å². The van der Waals surface area contributed by atoms with E-state index in [4.69, 9.17) is 0 Å². The van der Waals surface area contributed by atoms with Crippen molar-refractivity contribution in [3.05, 3.63) is 124 Å². The molecule has 1 N–H and O–H groups in total. The fourth-order valence-electron chi connectivity index (χ4n) is 5.50. The van der Waals surface area contributed by atoms with Crippen LogP contribution in [0.1, 0.15) is 71.8 Å². The van der Waals surface area contributed by atoms with Gasteiger partial charge in [-0.25, -0.2) is 17.5 Å². The quantitative estimate of drug-likeness (QED) is 0.231. The summed E-state index contributed by atoms with van der Waals surface area (Å²) in [4.78, 5) is 20.5. The number of rotatable bonds is 9. The maximum Gasteiger partial charge on any atom is 0.241 e. The Kier molecular flexibility index (Phi) is 8.85. The Hall–Kier alpha value is -3.88. The molecule has 0 radical (unpaired) electrons. The fraction of sp³-hybridized carbons (Fsp3) is 0.294. The summed E-state index contributed by atoms with van der Waals surface area (Å²) >= 11 is 0. The third-order valence-electron chi connectivity index (χ3n) is 7.87. The van der Waals surface area contributed by atoms with Crippen LogP contribution in [0.25, 0.3) is 0 Å². The molecule has 0 bridgehead atoms. The van der Waals surface area contributed by atoms with Gasteiger partial charge in [0.2, 0.25) is 15.9 Å².